The number of hydrogen-bond acceptors (Lipinski definition) is 5. The molecule has 0 bridgehead atoms. The van der Waals surface area contributed by atoms with Crippen molar-refractivity contribution in [1.82, 2.24) is 15.1 Å². The highest BCUT2D eigenvalue weighted by molar-refractivity contribution is 5.96. The van der Waals surface area contributed by atoms with Gasteiger partial charge in [0, 0.05) is 27.2 Å². The van der Waals surface area contributed by atoms with Crippen molar-refractivity contribution in [1.29, 1.82) is 0 Å². The van der Waals surface area contributed by atoms with E-state index in [-0.39, 0.29) is 18.6 Å². The molecule has 0 amide bonds. The third-order valence-corrected chi connectivity index (χ3v) is 2.49. The number of hydrogen-bond donors (Lipinski definition) is 1. The molecule has 1 saturated heterocycles. The molecule has 86 valence electrons. The molecule has 1 fully saturated rings. The van der Waals surface area contributed by atoms with E-state index in [9.17, 15) is 0 Å². The first-order chi connectivity index (χ1) is 6.68. The van der Waals surface area contributed by atoms with Gasteiger partial charge in [-0.2, -0.15) is 4.99 Å². The van der Waals surface area contributed by atoms with E-state index < -0.39 is 0 Å². The Labute approximate surface area is 96.7 Å². The van der Waals surface area contributed by atoms with Crippen molar-refractivity contribution < 1.29 is 0 Å². The first-order valence-electron chi connectivity index (χ1n) is 5.03. The predicted octanol–water partition coefficient (Wildman–Crippen LogP) is 0.337. The van der Waals surface area contributed by atoms with Crippen molar-refractivity contribution >= 4 is 24.3 Å². The van der Waals surface area contributed by atoms with Crippen LogP contribution in [0.3, 0.4) is 0 Å². The Hall–Kier alpha value is -0.970. The molecular formula is C9H18ClN5. The van der Waals surface area contributed by atoms with Crippen LogP contribution < -0.4 is 5.32 Å². The summed E-state index contributed by atoms with van der Waals surface area (Å²) in [6, 6.07) is 0. The largest absolute Gasteiger partial charge is 0.356 e. The quantitative estimate of drug-likeness (QED) is 0.654. The van der Waals surface area contributed by atoms with Gasteiger partial charge in [0.1, 0.15) is 6.17 Å². The topological polar surface area (TPSA) is 43.2 Å². The Morgan fingerprint density at radius 3 is 2.87 bits per heavy atom. The van der Waals surface area contributed by atoms with Gasteiger partial charge in [-0.15, -0.1) is 12.4 Å². The number of rotatable bonds is 0. The molecule has 0 saturated carbocycles. The maximum Gasteiger partial charge on any atom is 0.225 e. The summed E-state index contributed by atoms with van der Waals surface area (Å²) in [7, 11) is 3.93. The molecule has 2 rings (SSSR count). The van der Waals surface area contributed by atoms with Crippen LogP contribution in [-0.4, -0.2) is 55.1 Å². The van der Waals surface area contributed by atoms with E-state index in [0.717, 1.165) is 31.4 Å². The van der Waals surface area contributed by atoms with E-state index in [0.29, 0.717) is 0 Å². The summed E-state index contributed by atoms with van der Waals surface area (Å²) in [5, 5.41) is 3.30. The summed E-state index contributed by atoms with van der Waals surface area (Å²) in [5.41, 5.74) is 0. The van der Waals surface area contributed by atoms with Gasteiger partial charge in [-0.3, -0.25) is 0 Å². The van der Waals surface area contributed by atoms with Crippen LogP contribution in [0.2, 0.25) is 0 Å². The number of halogens is 1. The van der Waals surface area contributed by atoms with Gasteiger partial charge in [0.25, 0.3) is 0 Å². The van der Waals surface area contributed by atoms with Crippen LogP contribution in [0.25, 0.3) is 0 Å². The highest BCUT2D eigenvalue weighted by Crippen LogP contribution is 2.12. The van der Waals surface area contributed by atoms with Crippen molar-refractivity contribution in [2.45, 2.75) is 19.5 Å². The molecule has 0 spiro atoms. The normalized spacial score (nSPS) is 24.2. The average molecular weight is 232 g/mol. The number of fused-ring (bicyclic) bond motifs is 1. The molecule has 0 aliphatic carbocycles. The van der Waals surface area contributed by atoms with E-state index in [1.165, 1.54) is 0 Å². The zero-order valence-corrected chi connectivity index (χ0v) is 10.2. The van der Waals surface area contributed by atoms with Gasteiger partial charge in [-0.05, 0) is 13.3 Å². The smallest absolute Gasteiger partial charge is 0.225 e. The molecule has 2 heterocycles. The number of guanidine groups is 2. The lowest BCUT2D eigenvalue weighted by atomic mass is 10.3. The third kappa shape index (κ3) is 2.34. The van der Waals surface area contributed by atoms with Crippen LogP contribution in [0.15, 0.2) is 9.98 Å². The molecule has 0 aromatic rings. The summed E-state index contributed by atoms with van der Waals surface area (Å²) in [4.78, 5) is 13.1. The molecule has 0 radical (unpaired) electrons. The monoisotopic (exact) mass is 231 g/mol. The van der Waals surface area contributed by atoms with Crippen molar-refractivity contribution in [3.05, 3.63) is 0 Å². The van der Waals surface area contributed by atoms with Crippen LogP contribution in [0.1, 0.15) is 13.3 Å². The van der Waals surface area contributed by atoms with E-state index in [1.807, 2.05) is 19.0 Å². The lowest BCUT2D eigenvalue weighted by molar-refractivity contribution is 0.293. The lowest BCUT2D eigenvalue weighted by Gasteiger charge is -2.37. The molecule has 0 aromatic heterocycles. The van der Waals surface area contributed by atoms with E-state index in [4.69, 9.17) is 0 Å². The van der Waals surface area contributed by atoms with Gasteiger partial charge in [0.2, 0.25) is 11.9 Å². The molecule has 2 aliphatic rings. The predicted molar refractivity (Wildman–Crippen MR) is 64.6 cm³/mol. The minimum absolute atomic E-state index is 0. The SMILES string of the molecule is CC1N=C(N(C)C)N=C2NCCCN21.Cl. The van der Waals surface area contributed by atoms with Gasteiger partial charge < -0.3 is 15.1 Å². The Bertz CT molecular complexity index is 286. The summed E-state index contributed by atoms with van der Waals surface area (Å²) in [6.07, 6.45) is 1.36. The maximum atomic E-state index is 4.51. The molecule has 5 nitrogen and oxygen atoms in total. The van der Waals surface area contributed by atoms with E-state index in [2.05, 4.69) is 27.1 Å². The van der Waals surface area contributed by atoms with E-state index >= 15 is 0 Å². The maximum absolute atomic E-state index is 4.51. The van der Waals surface area contributed by atoms with Gasteiger partial charge in [0.15, 0.2) is 0 Å². The molecule has 1 atom stereocenters. The Kier molecular flexibility index (Phi) is 3.79. The van der Waals surface area contributed by atoms with Crippen molar-refractivity contribution in [2.75, 3.05) is 27.2 Å². The van der Waals surface area contributed by atoms with Gasteiger partial charge >= 0.3 is 0 Å². The minimum atomic E-state index is 0. The molecule has 1 N–H and O–H groups in total. The molecule has 6 heteroatoms. The van der Waals surface area contributed by atoms with Crippen LogP contribution in [0.4, 0.5) is 0 Å². The summed E-state index contributed by atoms with van der Waals surface area (Å²) in [5.74, 6) is 1.78. The van der Waals surface area contributed by atoms with E-state index in [1.54, 1.807) is 0 Å². The highest BCUT2D eigenvalue weighted by Gasteiger charge is 2.25. The van der Waals surface area contributed by atoms with Crippen molar-refractivity contribution in [3.8, 4) is 0 Å². The molecule has 15 heavy (non-hydrogen) atoms. The molecule has 1 unspecified atom stereocenters. The number of aliphatic imine (C=N–C) groups is 2. The van der Waals surface area contributed by atoms with Crippen LogP contribution >= 0.6 is 12.4 Å². The lowest BCUT2D eigenvalue weighted by Crippen LogP contribution is -2.54. The Morgan fingerprint density at radius 1 is 1.47 bits per heavy atom. The third-order valence-electron chi connectivity index (χ3n) is 2.49. The minimum Gasteiger partial charge on any atom is -0.356 e. The summed E-state index contributed by atoms with van der Waals surface area (Å²) < 4.78 is 0. The second-order valence-electron chi connectivity index (χ2n) is 3.86. The van der Waals surface area contributed by atoms with Gasteiger partial charge in [-0.1, -0.05) is 0 Å². The van der Waals surface area contributed by atoms with Crippen LogP contribution in [0.5, 0.6) is 0 Å². The fourth-order valence-electron chi connectivity index (χ4n) is 1.70. The molecule has 2 aliphatic heterocycles. The summed E-state index contributed by atoms with van der Waals surface area (Å²) in [6.45, 7) is 4.17. The zero-order chi connectivity index (χ0) is 10.1. The first kappa shape index (κ1) is 12.1. The fourth-order valence-corrected chi connectivity index (χ4v) is 1.70. The molecular weight excluding hydrogens is 214 g/mol. The average Bonchev–Trinajstić information content (AvgIpc) is 2.17. The fraction of sp³-hybridized carbons (Fsp3) is 0.778. The Morgan fingerprint density at radius 2 is 2.20 bits per heavy atom. The number of nitrogens with zero attached hydrogens (tertiary/aromatic N) is 4. The van der Waals surface area contributed by atoms with Crippen LogP contribution in [-0.2, 0) is 0 Å². The van der Waals surface area contributed by atoms with Gasteiger partial charge in [-0.25, -0.2) is 4.99 Å². The number of nitrogens with one attached hydrogen (secondary N) is 1. The highest BCUT2D eigenvalue weighted by atomic mass is 35.5. The van der Waals surface area contributed by atoms with Crippen molar-refractivity contribution in [3.63, 3.8) is 0 Å². The second kappa shape index (κ2) is 4.70. The standard InChI is InChI=1S/C9H17N5.ClH/c1-7-11-9(13(2)3)12-8-10-5-4-6-14(7)8;/h7H,4-6H2,1-3H3,(H,10,11,12);1H. The summed E-state index contributed by atoms with van der Waals surface area (Å²) >= 11 is 0. The van der Waals surface area contributed by atoms with Gasteiger partial charge in [0.05, 0.1) is 0 Å². The second-order valence-corrected chi connectivity index (χ2v) is 3.86. The van der Waals surface area contributed by atoms with Crippen molar-refractivity contribution in [2.24, 2.45) is 9.98 Å². The first-order valence-corrected chi connectivity index (χ1v) is 5.03. The zero-order valence-electron chi connectivity index (χ0n) is 9.40. The Balaban J connectivity index is 0.00000112. The molecule has 0 aromatic carbocycles. The van der Waals surface area contributed by atoms with Crippen LogP contribution in [0, 0.1) is 0 Å².